The summed E-state index contributed by atoms with van der Waals surface area (Å²) in [6.45, 7) is 0.608. The summed E-state index contributed by atoms with van der Waals surface area (Å²) in [4.78, 5) is 17.6. The lowest BCUT2D eigenvalue weighted by Gasteiger charge is -2.18. The van der Waals surface area contributed by atoms with Gasteiger partial charge in [-0.1, -0.05) is 23.2 Å². The van der Waals surface area contributed by atoms with Crippen LogP contribution < -0.4 is 5.32 Å². The predicted molar refractivity (Wildman–Crippen MR) is 86.1 cm³/mol. The standard InChI is InChI=1S/C15H15Cl2N3O/c1-20(9-6-11-4-7-18-8-5-11)15(21)19-12-2-3-13(16)14(17)10-12/h2-5,7-8,10H,6,9H2,1H3,(H,19,21). The molecule has 21 heavy (non-hydrogen) atoms. The maximum Gasteiger partial charge on any atom is 0.321 e. The number of carbonyl (C=O) groups is 1. The van der Waals surface area contributed by atoms with E-state index in [1.165, 1.54) is 0 Å². The average Bonchev–Trinajstić information content (AvgIpc) is 2.49. The highest BCUT2D eigenvalue weighted by atomic mass is 35.5. The molecule has 4 nitrogen and oxygen atoms in total. The van der Waals surface area contributed by atoms with Crippen molar-refractivity contribution >= 4 is 34.9 Å². The van der Waals surface area contributed by atoms with Crippen molar-refractivity contribution in [2.24, 2.45) is 0 Å². The molecule has 0 fully saturated rings. The summed E-state index contributed by atoms with van der Waals surface area (Å²) in [5, 5.41) is 3.65. The van der Waals surface area contributed by atoms with Crippen LogP contribution in [0.3, 0.4) is 0 Å². The lowest BCUT2D eigenvalue weighted by atomic mass is 10.2. The molecular formula is C15H15Cl2N3O. The second-order valence-corrected chi connectivity index (χ2v) is 5.40. The third kappa shape index (κ3) is 4.62. The largest absolute Gasteiger partial charge is 0.327 e. The van der Waals surface area contributed by atoms with Gasteiger partial charge in [0.2, 0.25) is 0 Å². The molecule has 110 valence electrons. The number of amides is 2. The van der Waals surface area contributed by atoms with E-state index in [-0.39, 0.29) is 6.03 Å². The molecule has 0 aliphatic carbocycles. The Hall–Kier alpha value is -1.78. The van der Waals surface area contributed by atoms with Crippen LogP contribution in [0.1, 0.15) is 5.56 Å². The SMILES string of the molecule is CN(CCc1ccncc1)C(=O)Nc1ccc(Cl)c(Cl)c1. The van der Waals surface area contributed by atoms with E-state index < -0.39 is 0 Å². The van der Waals surface area contributed by atoms with Gasteiger partial charge in [-0.15, -0.1) is 0 Å². The normalized spacial score (nSPS) is 10.2. The molecule has 6 heteroatoms. The fourth-order valence-corrected chi connectivity index (χ4v) is 2.04. The first-order chi connectivity index (χ1) is 10.1. The van der Waals surface area contributed by atoms with Crippen molar-refractivity contribution in [1.29, 1.82) is 0 Å². The quantitative estimate of drug-likeness (QED) is 0.920. The number of benzene rings is 1. The Morgan fingerprint density at radius 1 is 1.19 bits per heavy atom. The van der Waals surface area contributed by atoms with Gasteiger partial charge in [-0.3, -0.25) is 4.98 Å². The molecule has 1 aromatic carbocycles. The van der Waals surface area contributed by atoms with E-state index >= 15 is 0 Å². The number of carbonyl (C=O) groups excluding carboxylic acids is 1. The molecule has 1 N–H and O–H groups in total. The number of likely N-dealkylation sites (N-methyl/N-ethyl adjacent to an activating group) is 1. The van der Waals surface area contributed by atoms with Crippen LogP contribution in [0, 0.1) is 0 Å². The monoisotopic (exact) mass is 323 g/mol. The zero-order valence-corrected chi connectivity index (χ0v) is 13.0. The smallest absolute Gasteiger partial charge is 0.321 e. The molecule has 0 aliphatic rings. The summed E-state index contributed by atoms with van der Waals surface area (Å²) in [6.07, 6.45) is 4.25. The maximum absolute atomic E-state index is 12.1. The minimum Gasteiger partial charge on any atom is -0.327 e. The number of nitrogens with zero attached hydrogens (tertiary/aromatic N) is 2. The van der Waals surface area contributed by atoms with Crippen molar-refractivity contribution in [2.75, 3.05) is 18.9 Å². The molecule has 0 atom stereocenters. The summed E-state index contributed by atoms with van der Waals surface area (Å²) in [5.41, 5.74) is 1.75. The Morgan fingerprint density at radius 2 is 1.90 bits per heavy atom. The van der Waals surface area contributed by atoms with Crippen molar-refractivity contribution < 1.29 is 4.79 Å². The van der Waals surface area contributed by atoms with Crippen LogP contribution in [-0.4, -0.2) is 29.5 Å². The van der Waals surface area contributed by atoms with Crippen LogP contribution in [-0.2, 0) is 6.42 Å². The number of hydrogen-bond donors (Lipinski definition) is 1. The zero-order valence-electron chi connectivity index (χ0n) is 11.5. The van der Waals surface area contributed by atoms with E-state index in [0.29, 0.717) is 22.3 Å². The summed E-state index contributed by atoms with van der Waals surface area (Å²) in [7, 11) is 1.74. The second-order valence-electron chi connectivity index (χ2n) is 4.59. The third-order valence-electron chi connectivity index (χ3n) is 3.00. The lowest BCUT2D eigenvalue weighted by Crippen LogP contribution is -2.32. The van der Waals surface area contributed by atoms with Crippen LogP contribution in [0.15, 0.2) is 42.7 Å². The highest BCUT2D eigenvalue weighted by Gasteiger charge is 2.09. The van der Waals surface area contributed by atoms with E-state index in [1.54, 1.807) is 42.5 Å². The lowest BCUT2D eigenvalue weighted by molar-refractivity contribution is 0.223. The van der Waals surface area contributed by atoms with Gasteiger partial charge in [0.1, 0.15) is 0 Å². The van der Waals surface area contributed by atoms with Crippen molar-refractivity contribution in [3.8, 4) is 0 Å². The van der Waals surface area contributed by atoms with Gasteiger partial charge < -0.3 is 10.2 Å². The Morgan fingerprint density at radius 3 is 2.57 bits per heavy atom. The number of pyridine rings is 1. The molecule has 0 spiro atoms. The van der Waals surface area contributed by atoms with E-state index in [1.807, 2.05) is 12.1 Å². The van der Waals surface area contributed by atoms with Crippen molar-refractivity contribution in [3.05, 3.63) is 58.3 Å². The molecule has 0 bridgehead atoms. The minimum absolute atomic E-state index is 0.192. The van der Waals surface area contributed by atoms with Crippen LogP contribution in [0.25, 0.3) is 0 Å². The molecule has 2 amide bonds. The molecule has 1 heterocycles. The topological polar surface area (TPSA) is 45.2 Å². The highest BCUT2D eigenvalue weighted by Crippen LogP contribution is 2.25. The molecule has 2 rings (SSSR count). The molecule has 0 saturated carbocycles. The Labute approximate surface area is 133 Å². The molecule has 0 saturated heterocycles. The van der Waals surface area contributed by atoms with Crippen molar-refractivity contribution in [2.45, 2.75) is 6.42 Å². The number of anilines is 1. The highest BCUT2D eigenvalue weighted by molar-refractivity contribution is 6.42. The van der Waals surface area contributed by atoms with Gasteiger partial charge in [-0.05, 0) is 42.3 Å². The number of urea groups is 1. The van der Waals surface area contributed by atoms with Gasteiger partial charge in [-0.25, -0.2) is 4.79 Å². The van der Waals surface area contributed by atoms with E-state index in [4.69, 9.17) is 23.2 Å². The molecule has 2 aromatic rings. The Balaban J connectivity index is 1.89. The number of nitrogens with one attached hydrogen (secondary N) is 1. The average molecular weight is 324 g/mol. The zero-order chi connectivity index (χ0) is 15.2. The van der Waals surface area contributed by atoms with E-state index in [9.17, 15) is 4.79 Å². The predicted octanol–water partition coefficient (Wildman–Crippen LogP) is 4.09. The number of aromatic nitrogens is 1. The summed E-state index contributed by atoms with van der Waals surface area (Å²) in [6, 6.07) is 8.66. The van der Waals surface area contributed by atoms with Gasteiger partial charge in [0, 0.05) is 31.7 Å². The van der Waals surface area contributed by atoms with Crippen LogP contribution in [0.2, 0.25) is 10.0 Å². The van der Waals surface area contributed by atoms with Gasteiger partial charge in [-0.2, -0.15) is 0 Å². The number of halogens is 2. The van der Waals surface area contributed by atoms with Crippen LogP contribution in [0.5, 0.6) is 0 Å². The minimum atomic E-state index is -0.192. The third-order valence-corrected chi connectivity index (χ3v) is 3.74. The van der Waals surface area contributed by atoms with Gasteiger partial charge in [0.25, 0.3) is 0 Å². The van der Waals surface area contributed by atoms with Crippen LogP contribution >= 0.6 is 23.2 Å². The first-order valence-corrected chi connectivity index (χ1v) is 7.18. The van der Waals surface area contributed by atoms with Crippen molar-refractivity contribution in [3.63, 3.8) is 0 Å². The van der Waals surface area contributed by atoms with Crippen molar-refractivity contribution in [1.82, 2.24) is 9.88 Å². The summed E-state index contributed by atoms with van der Waals surface area (Å²) in [5.74, 6) is 0. The molecular weight excluding hydrogens is 309 g/mol. The molecule has 0 radical (unpaired) electrons. The van der Waals surface area contributed by atoms with E-state index in [2.05, 4.69) is 10.3 Å². The van der Waals surface area contributed by atoms with E-state index in [0.717, 1.165) is 12.0 Å². The molecule has 0 unspecified atom stereocenters. The van der Waals surface area contributed by atoms with Gasteiger partial charge in [0.05, 0.1) is 10.0 Å². The fraction of sp³-hybridized carbons (Fsp3) is 0.200. The fourth-order valence-electron chi connectivity index (χ4n) is 1.74. The number of hydrogen-bond acceptors (Lipinski definition) is 2. The second kappa shape index (κ2) is 7.29. The van der Waals surface area contributed by atoms with Crippen LogP contribution in [0.4, 0.5) is 10.5 Å². The molecule has 1 aromatic heterocycles. The molecule has 0 aliphatic heterocycles. The summed E-state index contributed by atoms with van der Waals surface area (Å²) >= 11 is 11.8. The first kappa shape index (κ1) is 15.6. The van der Waals surface area contributed by atoms with Gasteiger partial charge in [0.15, 0.2) is 0 Å². The Kier molecular flexibility index (Phi) is 5.42. The first-order valence-electron chi connectivity index (χ1n) is 6.42. The maximum atomic E-state index is 12.1. The Bertz CT molecular complexity index is 620. The number of rotatable bonds is 4. The summed E-state index contributed by atoms with van der Waals surface area (Å²) < 4.78 is 0. The van der Waals surface area contributed by atoms with Gasteiger partial charge >= 0.3 is 6.03 Å².